The molecule has 0 aliphatic heterocycles. The highest BCUT2D eigenvalue weighted by molar-refractivity contribution is 5.91. The number of hydrogen-bond acceptors (Lipinski definition) is 7. The summed E-state index contributed by atoms with van der Waals surface area (Å²) in [5.74, 6) is 0.406. The lowest BCUT2D eigenvalue weighted by Gasteiger charge is -2.13. The third-order valence-corrected chi connectivity index (χ3v) is 4.87. The molecule has 32 heavy (non-hydrogen) atoms. The van der Waals surface area contributed by atoms with Crippen LogP contribution in [0, 0.1) is 0 Å². The van der Waals surface area contributed by atoms with E-state index in [1.807, 2.05) is 0 Å². The van der Waals surface area contributed by atoms with Gasteiger partial charge in [0, 0.05) is 24.2 Å². The highest BCUT2D eigenvalue weighted by Crippen LogP contribution is 2.35. The number of ether oxygens (including phenoxy) is 2. The summed E-state index contributed by atoms with van der Waals surface area (Å²) in [7, 11) is 1.47. The summed E-state index contributed by atoms with van der Waals surface area (Å²) >= 11 is 0. The number of carbonyl (C=O) groups is 2. The second-order valence-corrected chi connectivity index (χ2v) is 7.31. The van der Waals surface area contributed by atoms with Crippen molar-refractivity contribution in [3.63, 3.8) is 0 Å². The predicted octanol–water partition coefficient (Wildman–Crippen LogP) is 2.70. The number of halogens is 3. The van der Waals surface area contributed by atoms with Crippen molar-refractivity contribution in [1.29, 1.82) is 0 Å². The molecule has 1 fully saturated rings. The van der Waals surface area contributed by atoms with Crippen LogP contribution in [0.5, 0.6) is 5.88 Å². The number of nitrogens with one attached hydrogen (secondary N) is 3. The maximum Gasteiger partial charge on any atom is 0.407 e. The number of aromatic amines is 1. The maximum atomic E-state index is 12.2. The molecule has 174 valence electrons. The minimum absolute atomic E-state index is 0.0159. The van der Waals surface area contributed by atoms with E-state index in [0.29, 0.717) is 36.7 Å². The number of anilines is 1. The Balaban J connectivity index is 1.43. The van der Waals surface area contributed by atoms with E-state index in [1.54, 1.807) is 6.07 Å². The second kappa shape index (κ2) is 10.3. The van der Waals surface area contributed by atoms with Gasteiger partial charge in [0.2, 0.25) is 11.8 Å². The average molecular weight is 456 g/mol. The molecule has 3 N–H and O–H groups in total. The molecule has 0 bridgehead atoms. The van der Waals surface area contributed by atoms with Crippen molar-refractivity contribution in [3.8, 4) is 5.88 Å². The van der Waals surface area contributed by atoms with Gasteiger partial charge in [0.05, 0.1) is 38.0 Å². The molecule has 0 radical (unpaired) electrons. The largest absolute Gasteiger partial charge is 0.480 e. The van der Waals surface area contributed by atoms with Crippen LogP contribution in [0.1, 0.15) is 43.0 Å². The lowest BCUT2D eigenvalue weighted by Crippen LogP contribution is -2.31. The summed E-state index contributed by atoms with van der Waals surface area (Å²) in [6.45, 7) is -0.524. The summed E-state index contributed by atoms with van der Waals surface area (Å²) in [5.41, 5.74) is 1.25. The molecule has 0 spiro atoms. The zero-order valence-electron chi connectivity index (χ0n) is 17.2. The number of alkyl halides is 3. The van der Waals surface area contributed by atoms with E-state index in [4.69, 9.17) is 9.47 Å². The van der Waals surface area contributed by atoms with Crippen LogP contribution in [0.2, 0.25) is 0 Å². The predicted molar refractivity (Wildman–Crippen MR) is 105 cm³/mol. The van der Waals surface area contributed by atoms with Crippen molar-refractivity contribution in [2.45, 2.75) is 50.3 Å². The average Bonchev–Trinajstić information content (AvgIpc) is 3.37. The zero-order chi connectivity index (χ0) is 23.1. The monoisotopic (exact) mass is 456 g/mol. The van der Waals surface area contributed by atoms with Crippen LogP contribution in [0.3, 0.4) is 0 Å². The Kier molecular flexibility index (Phi) is 7.49. The molecule has 13 heteroatoms. The van der Waals surface area contributed by atoms with Gasteiger partial charge in [0.1, 0.15) is 6.10 Å². The summed E-state index contributed by atoms with van der Waals surface area (Å²) in [6, 6.07) is 1.70. The van der Waals surface area contributed by atoms with Gasteiger partial charge < -0.3 is 20.1 Å². The van der Waals surface area contributed by atoms with Crippen molar-refractivity contribution in [3.05, 3.63) is 29.8 Å². The summed E-state index contributed by atoms with van der Waals surface area (Å²) in [5, 5.41) is 11.7. The van der Waals surface area contributed by atoms with E-state index < -0.39 is 31.3 Å². The Morgan fingerprint density at radius 1 is 1.25 bits per heavy atom. The van der Waals surface area contributed by atoms with Crippen molar-refractivity contribution in [1.82, 2.24) is 25.5 Å². The van der Waals surface area contributed by atoms with Gasteiger partial charge in [-0.2, -0.15) is 18.3 Å². The SMILES string of the molecule is COc1cnc(CC(=O)Nc2cc([C@H]3CC[C@@H](OC(=O)NCCC(F)(F)F)C3)[nH]n2)cn1. The third kappa shape index (κ3) is 7.10. The molecule has 1 saturated carbocycles. The molecule has 2 aromatic rings. The first-order valence-corrected chi connectivity index (χ1v) is 9.93. The van der Waals surface area contributed by atoms with Crippen LogP contribution in [-0.2, 0) is 16.0 Å². The molecule has 2 atom stereocenters. The van der Waals surface area contributed by atoms with Crippen molar-refractivity contribution in [2.75, 3.05) is 19.0 Å². The van der Waals surface area contributed by atoms with E-state index in [0.717, 1.165) is 5.69 Å². The Hall–Kier alpha value is -3.38. The van der Waals surface area contributed by atoms with Crippen molar-refractivity contribution >= 4 is 17.8 Å². The Labute approximate surface area is 181 Å². The lowest BCUT2D eigenvalue weighted by atomic mass is 10.0. The highest BCUT2D eigenvalue weighted by atomic mass is 19.4. The molecule has 10 nitrogen and oxygen atoms in total. The quantitative estimate of drug-likeness (QED) is 0.557. The molecule has 3 rings (SSSR count). The van der Waals surface area contributed by atoms with E-state index >= 15 is 0 Å². The normalized spacial score (nSPS) is 18.2. The number of rotatable bonds is 8. The molecule has 0 unspecified atom stereocenters. The minimum Gasteiger partial charge on any atom is -0.480 e. The van der Waals surface area contributed by atoms with E-state index in [9.17, 15) is 22.8 Å². The zero-order valence-corrected chi connectivity index (χ0v) is 17.2. The molecule has 2 amide bonds. The summed E-state index contributed by atoms with van der Waals surface area (Å²) < 4.78 is 46.5. The highest BCUT2D eigenvalue weighted by Gasteiger charge is 2.31. The third-order valence-electron chi connectivity index (χ3n) is 4.87. The van der Waals surface area contributed by atoms with Gasteiger partial charge in [-0.15, -0.1) is 0 Å². The van der Waals surface area contributed by atoms with Crippen molar-refractivity contribution in [2.24, 2.45) is 0 Å². The molecule has 1 aliphatic rings. The van der Waals surface area contributed by atoms with Gasteiger partial charge in [-0.1, -0.05) is 0 Å². The van der Waals surface area contributed by atoms with Gasteiger partial charge in [0.15, 0.2) is 5.82 Å². The molecule has 2 aromatic heterocycles. The molecule has 1 aliphatic carbocycles. The Bertz CT molecular complexity index is 919. The second-order valence-electron chi connectivity index (χ2n) is 7.31. The number of nitrogens with zero attached hydrogens (tertiary/aromatic N) is 3. The molecule has 0 saturated heterocycles. The first-order valence-electron chi connectivity index (χ1n) is 9.93. The van der Waals surface area contributed by atoms with Crippen LogP contribution < -0.4 is 15.4 Å². The van der Waals surface area contributed by atoms with E-state index in [2.05, 4.69) is 30.8 Å². The number of methoxy groups -OCH3 is 1. The number of hydrogen-bond donors (Lipinski definition) is 3. The number of H-pyrrole nitrogens is 1. The maximum absolute atomic E-state index is 12.2. The van der Waals surface area contributed by atoms with Crippen LogP contribution >= 0.6 is 0 Å². The topological polar surface area (TPSA) is 131 Å². The van der Waals surface area contributed by atoms with E-state index in [-0.39, 0.29) is 18.2 Å². The number of aromatic nitrogens is 4. The van der Waals surface area contributed by atoms with Gasteiger partial charge >= 0.3 is 12.3 Å². The van der Waals surface area contributed by atoms with Gasteiger partial charge in [0.25, 0.3) is 0 Å². The number of alkyl carbamates (subject to hydrolysis) is 1. The molecular weight excluding hydrogens is 433 g/mol. The molecular formula is C19H23F3N6O4. The number of carbonyl (C=O) groups excluding carboxylic acids is 2. The Morgan fingerprint density at radius 3 is 2.75 bits per heavy atom. The van der Waals surface area contributed by atoms with E-state index in [1.165, 1.54) is 19.5 Å². The Morgan fingerprint density at radius 2 is 2.06 bits per heavy atom. The van der Waals surface area contributed by atoms with Gasteiger partial charge in [-0.3, -0.25) is 14.9 Å². The van der Waals surface area contributed by atoms with Crippen molar-refractivity contribution < 1.29 is 32.2 Å². The van der Waals surface area contributed by atoms with Gasteiger partial charge in [-0.05, 0) is 19.3 Å². The summed E-state index contributed by atoms with van der Waals surface area (Å²) in [4.78, 5) is 31.9. The first-order chi connectivity index (χ1) is 15.2. The fourth-order valence-electron chi connectivity index (χ4n) is 3.33. The van der Waals surface area contributed by atoms with Crippen LogP contribution in [0.4, 0.5) is 23.8 Å². The van der Waals surface area contributed by atoms with Crippen LogP contribution in [0.15, 0.2) is 18.5 Å². The summed E-state index contributed by atoms with van der Waals surface area (Å²) in [6.07, 6.45) is -2.03. The standard InChI is InChI=1S/C19H23F3N6O4/c1-31-17-10-24-12(9-25-17)7-16(29)26-15-8-14(27-28-15)11-2-3-13(6-11)32-18(30)23-5-4-19(20,21)22/h8-11,13H,2-7H2,1H3,(H,23,30)(H2,26,27,28,29)/t11-,13+/m0/s1. The molecule has 2 heterocycles. The fourth-order valence-corrected chi connectivity index (χ4v) is 3.33. The van der Waals surface area contributed by atoms with Crippen LogP contribution in [0.25, 0.3) is 0 Å². The molecule has 0 aromatic carbocycles. The lowest BCUT2D eigenvalue weighted by molar-refractivity contribution is -0.133. The smallest absolute Gasteiger partial charge is 0.407 e. The number of amides is 2. The fraction of sp³-hybridized carbons (Fsp3) is 0.526. The van der Waals surface area contributed by atoms with Crippen LogP contribution in [-0.4, -0.2) is 58.1 Å². The first kappa shape index (κ1) is 23.3. The van der Waals surface area contributed by atoms with Gasteiger partial charge in [-0.25, -0.2) is 9.78 Å². The minimum atomic E-state index is -4.33.